The van der Waals surface area contributed by atoms with Gasteiger partial charge in [-0.3, -0.25) is 4.79 Å². The Bertz CT molecular complexity index is 617. The van der Waals surface area contributed by atoms with E-state index in [2.05, 4.69) is 19.2 Å². The molecule has 1 aliphatic heterocycles. The molecule has 0 aromatic heterocycles. The van der Waals surface area contributed by atoms with Crippen molar-refractivity contribution >= 4 is 5.91 Å². The predicted molar refractivity (Wildman–Crippen MR) is 98.0 cm³/mol. The minimum atomic E-state index is -0.522. The van der Waals surface area contributed by atoms with Crippen LogP contribution in [0.3, 0.4) is 0 Å². The summed E-state index contributed by atoms with van der Waals surface area (Å²) in [5, 5.41) is 11.5. The van der Waals surface area contributed by atoms with Crippen LogP contribution in [-0.2, 0) is 25.5 Å². The highest BCUT2D eigenvalue weighted by Crippen LogP contribution is 2.28. The summed E-state index contributed by atoms with van der Waals surface area (Å²) in [6.07, 6.45) is 1.98. The fourth-order valence-electron chi connectivity index (χ4n) is 2.69. The lowest BCUT2D eigenvalue weighted by molar-refractivity contribution is -0.155. The topological polar surface area (TPSA) is 77.0 Å². The molecule has 7 heteroatoms. The number of carbonyl (C=O) groups excluding carboxylic acids is 1. The summed E-state index contributed by atoms with van der Waals surface area (Å²) in [4.78, 5) is 12.5. The molecule has 1 aromatic carbocycles. The first kappa shape index (κ1) is 21.3. The molecule has 6 nitrogen and oxygen atoms in total. The summed E-state index contributed by atoms with van der Waals surface area (Å²) in [6, 6.07) is 5.96. The summed E-state index contributed by atoms with van der Waals surface area (Å²) >= 11 is 0. The number of halogens is 1. The molecule has 1 aromatic rings. The Balaban J connectivity index is 1.89. The van der Waals surface area contributed by atoms with Gasteiger partial charge >= 0.3 is 0 Å². The summed E-state index contributed by atoms with van der Waals surface area (Å²) in [6.45, 7) is 5.36. The van der Waals surface area contributed by atoms with Crippen LogP contribution in [0.25, 0.3) is 0 Å². The number of benzene rings is 1. The minimum Gasteiger partial charge on any atom is -0.459 e. The van der Waals surface area contributed by atoms with Crippen molar-refractivity contribution in [1.82, 2.24) is 5.32 Å². The van der Waals surface area contributed by atoms with Crippen LogP contribution in [0.1, 0.15) is 25.8 Å². The Morgan fingerprint density at radius 2 is 2.04 bits per heavy atom. The number of rotatable bonds is 10. The second-order valence-corrected chi connectivity index (χ2v) is 6.74. The van der Waals surface area contributed by atoms with Crippen LogP contribution in [0.4, 0.5) is 4.39 Å². The molecule has 1 amide bonds. The van der Waals surface area contributed by atoms with Gasteiger partial charge in [-0.15, -0.1) is 0 Å². The van der Waals surface area contributed by atoms with Crippen molar-refractivity contribution in [3.8, 4) is 0 Å². The van der Waals surface area contributed by atoms with E-state index in [0.29, 0.717) is 25.6 Å². The Hall–Kier alpha value is -1.96. The largest absolute Gasteiger partial charge is 0.459 e. The second kappa shape index (κ2) is 11.0. The third-order valence-corrected chi connectivity index (χ3v) is 4.30. The van der Waals surface area contributed by atoms with Crippen LogP contribution in [0.15, 0.2) is 36.1 Å². The maximum absolute atomic E-state index is 13.0. The summed E-state index contributed by atoms with van der Waals surface area (Å²) < 4.78 is 29.5. The van der Waals surface area contributed by atoms with Gasteiger partial charge in [-0.25, -0.2) is 4.39 Å². The molecule has 150 valence electrons. The molecule has 0 unspecified atom stereocenters. The first-order valence-corrected chi connectivity index (χ1v) is 9.21. The third kappa shape index (κ3) is 7.28. The van der Waals surface area contributed by atoms with Gasteiger partial charge in [-0.05, 0) is 35.6 Å². The lowest BCUT2D eigenvalue weighted by atomic mass is 9.90. The van der Waals surface area contributed by atoms with Gasteiger partial charge < -0.3 is 24.6 Å². The number of aliphatic hydroxyl groups excluding tert-OH is 1. The number of carbonyl (C=O) groups is 1. The van der Waals surface area contributed by atoms with Gasteiger partial charge in [-0.2, -0.15) is 0 Å². The minimum absolute atomic E-state index is 0.0313. The van der Waals surface area contributed by atoms with Crippen molar-refractivity contribution in [2.45, 2.75) is 33.1 Å². The summed E-state index contributed by atoms with van der Waals surface area (Å²) in [5.41, 5.74) is 0.801. The van der Waals surface area contributed by atoms with Crippen LogP contribution >= 0.6 is 0 Å². The molecule has 27 heavy (non-hydrogen) atoms. The number of hydrogen-bond acceptors (Lipinski definition) is 5. The number of allylic oxidation sites excluding steroid dienone is 1. The average molecular weight is 381 g/mol. The van der Waals surface area contributed by atoms with Crippen LogP contribution in [0.5, 0.6) is 0 Å². The first-order chi connectivity index (χ1) is 13.0. The maximum Gasteiger partial charge on any atom is 0.286 e. The van der Waals surface area contributed by atoms with E-state index in [1.807, 2.05) is 6.08 Å². The number of ether oxygens (including phenoxy) is 3. The maximum atomic E-state index is 13.0. The van der Waals surface area contributed by atoms with Gasteiger partial charge in [-0.1, -0.05) is 26.0 Å². The lowest BCUT2D eigenvalue weighted by Gasteiger charge is -2.30. The number of amides is 1. The van der Waals surface area contributed by atoms with Gasteiger partial charge in [0.05, 0.1) is 26.4 Å². The zero-order chi connectivity index (χ0) is 19.6. The smallest absolute Gasteiger partial charge is 0.286 e. The van der Waals surface area contributed by atoms with Crippen molar-refractivity contribution in [3.63, 3.8) is 0 Å². The van der Waals surface area contributed by atoms with Crippen LogP contribution in [0.2, 0.25) is 0 Å². The molecule has 1 aliphatic rings. The molecular weight excluding hydrogens is 353 g/mol. The van der Waals surface area contributed by atoms with E-state index in [1.165, 1.54) is 12.1 Å². The highest BCUT2D eigenvalue weighted by molar-refractivity contribution is 5.91. The summed E-state index contributed by atoms with van der Waals surface area (Å²) in [7, 11) is 0. The van der Waals surface area contributed by atoms with Crippen LogP contribution < -0.4 is 5.32 Å². The fourth-order valence-corrected chi connectivity index (χ4v) is 2.69. The monoisotopic (exact) mass is 381 g/mol. The SMILES string of the molecule is CC(C)[C@@H]1C=C(C(=O)NCc2ccc(F)cc2)O[C@H](OCCOCCO)C1. The zero-order valence-electron chi connectivity index (χ0n) is 15.8. The van der Waals surface area contributed by atoms with E-state index in [-0.39, 0.29) is 43.2 Å². The van der Waals surface area contributed by atoms with Crippen molar-refractivity contribution in [2.24, 2.45) is 11.8 Å². The first-order valence-electron chi connectivity index (χ1n) is 9.21. The Kier molecular flexibility index (Phi) is 8.71. The quantitative estimate of drug-likeness (QED) is 0.609. The molecule has 0 radical (unpaired) electrons. The molecule has 2 N–H and O–H groups in total. The van der Waals surface area contributed by atoms with Crippen molar-refractivity contribution in [3.05, 3.63) is 47.5 Å². The van der Waals surface area contributed by atoms with Gasteiger partial charge in [0.2, 0.25) is 6.29 Å². The van der Waals surface area contributed by atoms with E-state index in [1.54, 1.807) is 12.1 Å². The van der Waals surface area contributed by atoms with E-state index in [9.17, 15) is 9.18 Å². The predicted octanol–water partition coefficient (Wildman–Crippen LogP) is 2.37. The molecule has 0 spiro atoms. The molecule has 1 heterocycles. The molecule has 2 atom stereocenters. The molecule has 2 rings (SSSR count). The average Bonchev–Trinajstić information content (AvgIpc) is 2.67. The Morgan fingerprint density at radius 1 is 1.30 bits per heavy atom. The highest BCUT2D eigenvalue weighted by atomic mass is 19.1. The summed E-state index contributed by atoms with van der Waals surface area (Å²) in [5.74, 6) is 0.100. The van der Waals surface area contributed by atoms with Gasteiger partial charge in [0.15, 0.2) is 5.76 Å². The Morgan fingerprint density at radius 3 is 2.70 bits per heavy atom. The number of aliphatic hydroxyl groups is 1. The number of nitrogens with one attached hydrogen (secondary N) is 1. The van der Waals surface area contributed by atoms with E-state index < -0.39 is 6.29 Å². The molecule has 0 saturated heterocycles. The highest BCUT2D eigenvalue weighted by Gasteiger charge is 2.29. The van der Waals surface area contributed by atoms with Crippen molar-refractivity contribution in [2.75, 3.05) is 26.4 Å². The van der Waals surface area contributed by atoms with Crippen LogP contribution in [-0.4, -0.2) is 43.7 Å². The van der Waals surface area contributed by atoms with E-state index in [0.717, 1.165) is 5.56 Å². The molecule has 0 aliphatic carbocycles. The van der Waals surface area contributed by atoms with E-state index in [4.69, 9.17) is 19.3 Å². The molecule has 0 fully saturated rings. The van der Waals surface area contributed by atoms with Crippen molar-refractivity contribution in [1.29, 1.82) is 0 Å². The number of hydrogen-bond donors (Lipinski definition) is 2. The normalized spacial score (nSPS) is 19.5. The van der Waals surface area contributed by atoms with Gasteiger partial charge in [0.25, 0.3) is 5.91 Å². The van der Waals surface area contributed by atoms with Gasteiger partial charge in [0.1, 0.15) is 5.82 Å². The third-order valence-electron chi connectivity index (χ3n) is 4.30. The molecular formula is C20H28FNO5. The second-order valence-electron chi connectivity index (χ2n) is 6.74. The van der Waals surface area contributed by atoms with Crippen LogP contribution in [0, 0.1) is 17.7 Å². The Labute approximate surface area is 159 Å². The fraction of sp³-hybridized carbons (Fsp3) is 0.550. The molecule has 0 saturated carbocycles. The standard InChI is InChI=1S/C20H28FNO5/c1-14(2)16-11-18(27-19(12-16)26-10-9-25-8-7-23)20(24)22-13-15-3-5-17(21)6-4-15/h3-6,11,14,16,19,23H,7-10,12-13H2,1-2H3,(H,22,24)/t16-,19+/m1/s1. The zero-order valence-corrected chi connectivity index (χ0v) is 15.8. The van der Waals surface area contributed by atoms with E-state index >= 15 is 0 Å². The van der Waals surface area contributed by atoms with Gasteiger partial charge in [0, 0.05) is 13.0 Å². The lowest BCUT2D eigenvalue weighted by Crippen LogP contribution is -2.34. The molecule has 0 bridgehead atoms. The van der Waals surface area contributed by atoms with Crippen molar-refractivity contribution < 1.29 is 28.5 Å².